The van der Waals surface area contributed by atoms with Gasteiger partial charge in [-0.3, -0.25) is 4.79 Å². The average molecular weight is 409 g/mol. The first-order valence-electron chi connectivity index (χ1n) is 10.1. The van der Waals surface area contributed by atoms with Crippen molar-refractivity contribution in [3.8, 4) is 22.8 Å². The van der Waals surface area contributed by atoms with Gasteiger partial charge in [-0.1, -0.05) is 29.4 Å². The average Bonchev–Trinajstić information content (AvgIpc) is 3.22. The van der Waals surface area contributed by atoms with E-state index in [0.29, 0.717) is 18.3 Å². The van der Waals surface area contributed by atoms with Gasteiger partial charge in [0.25, 0.3) is 5.89 Å². The number of pyridine rings is 1. The second-order valence-corrected chi connectivity index (χ2v) is 6.97. The van der Waals surface area contributed by atoms with Gasteiger partial charge in [-0.2, -0.15) is 4.98 Å². The second-order valence-electron chi connectivity index (χ2n) is 6.97. The minimum absolute atomic E-state index is 0.0335. The van der Waals surface area contributed by atoms with Crippen LogP contribution in [0.15, 0.2) is 40.9 Å². The quantitative estimate of drug-likeness (QED) is 0.492. The van der Waals surface area contributed by atoms with Crippen molar-refractivity contribution in [3.63, 3.8) is 0 Å². The van der Waals surface area contributed by atoms with Crippen LogP contribution in [0.25, 0.3) is 22.8 Å². The van der Waals surface area contributed by atoms with Gasteiger partial charge in [-0.05, 0) is 51.4 Å². The molecule has 0 saturated carbocycles. The zero-order chi connectivity index (χ0) is 21.5. The lowest BCUT2D eigenvalue weighted by molar-refractivity contribution is -0.135. The summed E-state index contributed by atoms with van der Waals surface area (Å²) in [5.41, 5.74) is 3.72. The Hall–Kier alpha value is -3.26. The lowest BCUT2D eigenvalue weighted by atomic mass is 10.1. The summed E-state index contributed by atoms with van der Waals surface area (Å²) in [6.45, 7) is 8.48. The maximum atomic E-state index is 10.5. The number of aromatic nitrogens is 3. The maximum absolute atomic E-state index is 10.5. The van der Waals surface area contributed by atoms with Crippen LogP contribution in [0.2, 0.25) is 0 Å². The van der Waals surface area contributed by atoms with Crippen LogP contribution in [0.3, 0.4) is 0 Å². The van der Waals surface area contributed by atoms with E-state index in [1.165, 1.54) is 0 Å². The van der Waals surface area contributed by atoms with E-state index in [1.807, 2.05) is 43.3 Å². The zero-order valence-corrected chi connectivity index (χ0v) is 17.6. The Bertz CT molecular complexity index is 981. The molecule has 2 aromatic heterocycles. The van der Waals surface area contributed by atoms with E-state index in [4.69, 9.17) is 9.63 Å². The second kappa shape index (κ2) is 9.98. The third kappa shape index (κ3) is 5.42. The lowest BCUT2D eigenvalue weighted by Gasteiger charge is -2.20. The van der Waals surface area contributed by atoms with Gasteiger partial charge in [-0.25, -0.2) is 4.98 Å². The first-order valence-corrected chi connectivity index (χ1v) is 10.1. The summed E-state index contributed by atoms with van der Waals surface area (Å²) in [6.07, 6.45) is 0.746. The van der Waals surface area contributed by atoms with Crippen LogP contribution in [-0.4, -0.2) is 52.4 Å². The molecular formula is C22H27N5O3. The van der Waals surface area contributed by atoms with E-state index in [2.05, 4.69) is 39.2 Å². The van der Waals surface area contributed by atoms with Crippen molar-refractivity contribution in [2.75, 3.05) is 31.1 Å². The molecule has 2 N–H and O–H groups in total. The van der Waals surface area contributed by atoms with Gasteiger partial charge >= 0.3 is 5.97 Å². The third-order valence-corrected chi connectivity index (χ3v) is 4.78. The Morgan fingerprint density at radius 2 is 1.83 bits per heavy atom. The summed E-state index contributed by atoms with van der Waals surface area (Å²) in [5.74, 6) is 1.03. The molecular weight excluding hydrogens is 382 g/mol. The van der Waals surface area contributed by atoms with Crippen LogP contribution in [0.5, 0.6) is 0 Å². The molecule has 0 aliphatic heterocycles. The third-order valence-electron chi connectivity index (χ3n) is 4.78. The molecule has 0 amide bonds. The van der Waals surface area contributed by atoms with E-state index in [1.54, 1.807) is 0 Å². The van der Waals surface area contributed by atoms with Gasteiger partial charge in [0.1, 0.15) is 5.82 Å². The molecule has 3 aromatic rings. The van der Waals surface area contributed by atoms with Crippen molar-refractivity contribution in [2.24, 2.45) is 0 Å². The van der Waals surface area contributed by atoms with Gasteiger partial charge in [-0.15, -0.1) is 0 Å². The van der Waals surface area contributed by atoms with E-state index in [-0.39, 0.29) is 6.54 Å². The molecule has 0 fully saturated rings. The highest BCUT2D eigenvalue weighted by atomic mass is 16.5. The predicted molar refractivity (Wildman–Crippen MR) is 115 cm³/mol. The largest absolute Gasteiger partial charge is 0.480 e. The van der Waals surface area contributed by atoms with Crippen LogP contribution < -0.4 is 10.2 Å². The minimum atomic E-state index is -0.855. The smallest absolute Gasteiger partial charge is 0.317 e. The first-order chi connectivity index (χ1) is 14.5. The van der Waals surface area contributed by atoms with Gasteiger partial charge in [0, 0.05) is 29.9 Å². The summed E-state index contributed by atoms with van der Waals surface area (Å²) in [7, 11) is 0. The Morgan fingerprint density at radius 3 is 2.50 bits per heavy atom. The number of anilines is 1. The maximum Gasteiger partial charge on any atom is 0.317 e. The SMILES string of the molecule is CCN(CC)c1cc(-c2nc(-c3ccc(CCNCC(=O)O)cc3)no2)cc(C)n1. The molecule has 3 rings (SSSR count). The molecule has 0 atom stereocenters. The molecule has 0 unspecified atom stereocenters. The van der Waals surface area contributed by atoms with E-state index >= 15 is 0 Å². The Kier molecular flexibility index (Phi) is 7.13. The number of nitrogens with one attached hydrogen (secondary N) is 1. The number of nitrogens with zero attached hydrogens (tertiary/aromatic N) is 4. The van der Waals surface area contributed by atoms with Crippen molar-refractivity contribution >= 4 is 11.8 Å². The van der Waals surface area contributed by atoms with Crippen molar-refractivity contribution in [1.82, 2.24) is 20.4 Å². The molecule has 0 saturated heterocycles. The van der Waals surface area contributed by atoms with Crippen LogP contribution >= 0.6 is 0 Å². The van der Waals surface area contributed by atoms with E-state index < -0.39 is 5.97 Å². The summed E-state index contributed by atoms with van der Waals surface area (Å²) >= 11 is 0. The highest BCUT2D eigenvalue weighted by Gasteiger charge is 2.14. The van der Waals surface area contributed by atoms with Crippen molar-refractivity contribution in [1.29, 1.82) is 0 Å². The van der Waals surface area contributed by atoms with Crippen LogP contribution in [-0.2, 0) is 11.2 Å². The normalized spacial score (nSPS) is 10.9. The van der Waals surface area contributed by atoms with Gasteiger partial charge < -0.3 is 19.8 Å². The summed E-state index contributed by atoms with van der Waals surface area (Å²) in [5, 5.41) is 15.7. The number of hydrogen-bond donors (Lipinski definition) is 2. The first kappa shape index (κ1) is 21.4. The molecule has 0 spiro atoms. The Balaban J connectivity index is 1.73. The van der Waals surface area contributed by atoms with Gasteiger partial charge in [0.05, 0.1) is 6.54 Å². The Labute approximate surface area is 176 Å². The van der Waals surface area contributed by atoms with Gasteiger partial charge in [0.2, 0.25) is 5.82 Å². The number of aryl methyl sites for hydroxylation is 1. The number of aliphatic carboxylic acids is 1. The summed E-state index contributed by atoms with van der Waals surface area (Å²) < 4.78 is 5.52. The van der Waals surface area contributed by atoms with E-state index in [0.717, 1.165) is 47.7 Å². The number of hydrogen-bond acceptors (Lipinski definition) is 7. The molecule has 8 nitrogen and oxygen atoms in total. The summed E-state index contributed by atoms with van der Waals surface area (Å²) in [6, 6.07) is 11.8. The fourth-order valence-corrected chi connectivity index (χ4v) is 3.19. The van der Waals surface area contributed by atoms with Gasteiger partial charge in [0.15, 0.2) is 0 Å². The number of carboxylic acids is 1. The van der Waals surface area contributed by atoms with Crippen LogP contribution in [0.4, 0.5) is 5.82 Å². The molecule has 0 bridgehead atoms. The monoisotopic (exact) mass is 409 g/mol. The molecule has 0 radical (unpaired) electrons. The number of rotatable bonds is 10. The standard InChI is InChI=1S/C22H27N5O3/c1-4-27(5-2)19-13-18(12-15(3)24-19)22-25-21(26-30-22)17-8-6-16(7-9-17)10-11-23-14-20(28)29/h6-9,12-13,23H,4-5,10-11,14H2,1-3H3,(H,28,29). The number of carboxylic acid groups (broad SMARTS) is 1. The lowest BCUT2D eigenvalue weighted by Crippen LogP contribution is -2.24. The molecule has 0 aliphatic carbocycles. The van der Waals surface area contributed by atoms with Crippen molar-refractivity contribution in [2.45, 2.75) is 27.2 Å². The molecule has 8 heteroatoms. The fraction of sp³-hybridized carbons (Fsp3) is 0.364. The number of carbonyl (C=O) groups is 1. The topological polar surface area (TPSA) is 104 Å². The van der Waals surface area contributed by atoms with Crippen molar-refractivity contribution < 1.29 is 14.4 Å². The Morgan fingerprint density at radius 1 is 1.10 bits per heavy atom. The number of benzene rings is 1. The van der Waals surface area contributed by atoms with E-state index in [9.17, 15) is 4.79 Å². The molecule has 0 aliphatic rings. The minimum Gasteiger partial charge on any atom is -0.480 e. The van der Waals surface area contributed by atoms with Crippen molar-refractivity contribution in [3.05, 3.63) is 47.7 Å². The highest BCUT2D eigenvalue weighted by molar-refractivity contribution is 5.69. The fourth-order valence-electron chi connectivity index (χ4n) is 3.19. The van der Waals surface area contributed by atoms with Crippen LogP contribution in [0.1, 0.15) is 25.1 Å². The predicted octanol–water partition coefficient (Wildman–Crippen LogP) is 3.17. The molecule has 158 valence electrons. The molecule has 2 heterocycles. The van der Waals surface area contributed by atoms with Crippen LogP contribution in [0, 0.1) is 6.92 Å². The summed E-state index contributed by atoms with van der Waals surface area (Å²) in [4.78, 5) is 21.9. The zero-order valence-electron chi connectivity index (χ0n) is 17.6. The molecule has 1 aromatic carbocycles. The molecule has 30 heavy (non-hydrogen) atoms. The highest BCUT2D eigenvalue weighted by Crippen LogP contribution is 2.26.